The number of nitrogens with one attached hydrogen (secondary N) is 1. The van der Waals surface area contributed by atoms with E-state index in [9.17, 15) is 5.11 Å². The number of thiophene rings is 1. The second-order valence-corrected chi connectivity index (χ2v) is 8.50. The molecule has 0 spiro atoms. The molecule has 0 fully saturated rings. The fourth-order valence-electron chi connectivity index (χ4n) is 3.40. The molecular formula is C25H25N3O2S. The molecule has 4 aromatic rings. The standard InChI is InChI=1S/C25H25N3O2S/c1-17(18-6-4-3-5-7-18)16-22(29)24-13-12-23(31-24)21-14-15-26-25(28-21)27-19-8-10-20(30-2)11-9-19/h3-15,17,22,29H,16H2,1-2H3,(H,26,27,28)/t17-,22?/m1/s1. The summed E-state index contributed by atoms with van der Waals surface area (Å²) in [5, 5.41) is 14.0. The summed E-state index contributed by atoms with van der Waals surface area (Å²) < 4.78 is 5.19. The zero-order chi connectivity index (χ0) is 21.6. The van der Waals surface area contributed by atoms with Gasteiger partial charge in [0.05, 0.1) is 23.8 Å². The van der Waals surface area contributed by atoms with Crippen LogP contribution < -0.4 is 10.1 Å². The van der Waals surface area contributed by atoms with E-state index in [1.165, 1.54) is 5.56 Å². The minimum Gasteiger partial charge on any atom is -0.497 e. The van der Waals surface area contributed by atoms with Crippen LogP contribution >= 0.6 is 11.3 Å². The van der Waals surface area contributed by atoms with E-state index in [1.54, 1.807) is 24.6 Å². The molecule has 2 aromatic heterocycles. The minimum absolute atomic E-state index is 0.279. The maximum absolute atomic E-state index is 10.8. The number of aliphatic hydroxyl groups excluding tert-OH is 1. The molecule has 0 aliphatic carbocycles. The maximum atomic E-state index is 10.8. The molecule has 2 heterocycles. The Hall–Kier alpha value is -3.22. The van der Waals surface area contributed by atoms with Crippen LogP contribution in [0.2, 0.25) is 0 Å². The van der Waals surface area contributed by atoms with E-state index in [4.69, 9.17) is 4.74 Å². The van der Waals surface area contributed by atoms with E-state index in [2.05, 4.69) is 34.3 Å². The van der Waals surface area contributed by atoms with Crippen LogP contribution in [0.3, 0.4) is 0 Å². The van der Waals surface area contributed by atoms with E-state index in [1.807, 2.05) is 60.7 Å². The lowest BCUT2D eigenvalue weighted by Gasteiger charge is -2.15. The molecule has 31 heavy (non-hydrogen) atoms. The van der Waals surface area contributed by atoms with Gasteiger partial charge in [-0.1, -0.05) is 37.3 Å². The average molecular weight is 432 g/mol. The summed E-state index contributed by atoms with van der Waals surface area (Å²) in [6.45, 7) is 2.15. The minimum atomic E-state index is -0.507. The molecule has 0 aliphatic rings. The third kappa shape index (κ3) is 5.29. The van der Waals surface area contributed by atoms with Crippen molar-refractivity contribution in [3.8, 4) is 16.3 Å². The number of anilines is 2. The third-order valence-electron chi connectivity index (χ3n) is 5.15. The van der Waals surface area contributed by atoms with Crippen molar-refractivity contribution in [1.82, 2.24) is 9.97 Å². The van der Waals surface area contributed by atoms with Gasteiger partial charge in [-0.2, -0.15) is 0 Å². The van der Waals surface area contributed by atoms with E-state index >= 15 is 0 Å². The van der Waals surface area contributed by atoms with E-state index in [0.29, 0.717) is 12.4 Å². The second kappa shape index (κ2) is 9.73. The Kier molecular flexibility index (Phi) is 6.60. The molecule has 0 radical (unpaired) electrons. The van der Waals surface area contributed by atoms with Crippen LogP contribution in [0.25, 0.3) is 10.6 Å². The molecule has 6 heteroatoms. The molecule has 2 N–H and O–H groups in total. The third-order valence-corrected chi connectivity index (χ3v) is 6.36. The first-order chi connectivity index (χ1) is 15.1. The predicted molar refractivity (Wildman–Crippen MR) is 126 cm³/mol. The van der Waals surface area contributed by atoms with Crippen molar-refractivity contribution in [3.63, 3.8) is 0 Å². The topological polar surface area (TPSA) is 67.3 Å². The fourth-order valence-corrected chi connectivity index (χ4v) is 4.37. The van der Waals surface area contributed by atoms with Crippen molar-refractivity contribution in [2.45, 2.75) is 25.4 Å². The summed E-state index contributed by atoms with van der Waals surface area (Å²) in [7, 11) is 1.64. The molecule has 0 saturated carbocycles. The lowest BCUT2D eigenvalue weighted by molar-refractivity contribution is 0.163. The number of aliphatic hydroxyl groups is 1. The smallest absolute Gasteiger partial charge is 0.227 e. The van der Waals surface area contributed by atoms with Crippen LogP contribution in [-0.2, 0) is 0 Å². The van der Waals surface area contributed by atoms with E-state index < -0.39 is 6.10 Å². The number of hydrogen-bond acceptors (Lipinski definition) is 6. The lowest BCUT2D eigenvalue weighted by atomic mass is 9.94. The lowest BCUT2D eigenvalue weighted by Crippen LogP contribution is -2.02. The molecular weight excluding hydrogens is 406 g/mol. The van der Waals surface area contributed by atoms with Crippen molar-refractivity contribution in [1.29, 1.82) is 0 Å². The number of methoxy groups -OCH3 is 1. The predicted octanol–water partition coefficient (Wildman–Crippen LogP) is 6.18. The molecule has 158 valence electrons. The largest absolute Gasteiger partial charge is 0.497 e. The van der Waals surface area contributed by atoms with Gasteiger partial charge in [0.2, 0.25) is 5.95 Å². The van der Waals surface area contributed by atoms with E-state index in [0.717, 1.165) is 26.9 Å². The van der Waals surface area contributed by atoms with Crippen molar-refractivity contribution in [2.24, 2.45) is 0 Å². The van der Waals surface area contributed by atoms with Gasteiger partial charge >= 0.3 is 0 Å². The summed E-state index contributed by atoms with van der Waals surface area (Å²) in [6.07, 6.45) is 1.91. The molecule has 2 aromatic carbocycles. The van der Waals surface area contributed by atoms with Crippen LogP contribution in [0.15, 0.2) is 79.0 Å². The Morgan fingerprint density at radius 3 is 2.52 bits per heavy atom. The Bertz CT molecular complexity index is 1110. The van der Waals surface area contributed by atoms with Gasteiger partial charge in [0, 0.05) is 16.8 Å². The van der Waals surface area contributed by atoms with Gasteiger partial charge in [-0.25, -0.2) is 9.97 Å². The first-order valence-corrected chi connectivity index (χ1v) is 11.0. The van der Waals surface area contributed by atoms with Crippen LogP contribution in [0.5, 0.6) is 5.75 Å². The van der Waals surface area contributed by atoms with Gasteiger partial charge in [-0.3, -0.25) is 0 Å². The van der Waals surface area contributed by atoms with Crippen molar-refractivity contribution >= 4 is 23.0 Å². The van der Waals surface area contributed by atoms with Crippen LogP contribution in [0.4, 0.5) is 11.6 Å². The number of hydrogen-bond donors (Lipinski definition) is 2. The molecule has 1 unspecified atom stereocenters. The Balaban J connectivity index is 1.45. The number of rotatable bonds is 8. The molecule has 0 bridgehead atoms. The summed E-state index contributed by atoms with van der Waals surface area (Å²) >= 11 is 1.57. The Labute approximate surface area is 186 Å². The Morgan fingerprint density at radius 2 is 1.77 bits per heavy atom. The summed E-state index contributed by atoms with van der Waals surface area (Å²) in [5.74, 6) is 1.60. The molecule has 4 rings (SSSR count). The average Bonchev–Trinajstić information content (AvgIpc) is 3.31. The highest BCUT2D eigenvalue weighted by Crippen LogP contribution is 2.35. The normalized spacial score (nSPS) is 12.9. The second-order valence-electron chi connectivity index (χ2n) is 7.38. The summed E-state index contributed by atoms with van der Waals surface area (Å²) in [6, 6.07) is 23.8. The zero-order valence-electron chi connectivity index (χ0n) is 17.5. The quantitative estimate of drug-likeness (QED) is 0.348. The molecule has 0 aliphatic heterocycles. The van der Waals surface area contributed by atoms with Crippen molar-refractivity contribution in [2.75, 3.05) is 12.4 Å². The van der Waals surface area contributed by atoms with Crippen molar-refractivity contribution < 1.29 is 9.84 Å². The number of ether oxygens (including phenoxy) is 1. The van der Waals surface area contributed by atoms with Crippen LogP contribution in [-0.4, -0.2) is 22.2 Å². The van der Waals surface area contributed by atoms with Gasteiger partial charge in [0.15, 0.2) is 0 Å². The SMILES string of the molecule is COc1ccc(Nc2nccc(-c3ccc(C(O)C[C@@H](C)c4ccccc4)s3)n2)cc1. The Morgan fingerprint density at radius 1 is 1.00 bits per heavy atom. The fraction of sp³-hybridized carbons (Fsp3) is 0.200. The maximum Gasteiger partial charge on any atom is 0.227 e. The molecule has 0 amide bonds. The molecule has 2 atom stereocenters. The van der Waals surface area contributed by atoms with Gasteiger partial charge in [-0.15, -0.1) is 11.3 Å². The number of aromatic nitrogens is 2. The van der Waals surface area contributed by atoms with Crippen LogP contribution in [0.1, 0.15) is 35.8 Å². The number of nitrogens with zero attached hydrogens (tertiary/aromatic N) is 2. The highest BCUT2D eigenvalue weighted by Gasteiger charge is 2.17. The number of benzene rings is 2. The summed E-state index contributed by atoms with van der Waals surface area (Å²) in [5.41, 5.74) is 2.95. The first kappa shape index (κ1) is 21.0. The zero-order valence-corrected chi connectivity index (χ0v) is 18.3. The van der Waals surface area contributed by atoms with Crippen LogP contribution in [0, 0.1) is 0 Å². The van der Waals surface area contributed by atoms with Gasteiger partial charge in [-0.05, 0) is 60.4 Å². The van der Waals surface area contributed by atoms with Gasteiger partial charge in [0.1, 0.15) is 5.75 Å². The first-order valence-electron chi connectivity index (χ1n) is 10.2. The van der Waals surface area contributed by atoms with Gasteiger partial charge < -0.3 is 15.2 Å². The molecule has 0 saturated heterocycles. The van der Waals surface area contributed by atoms with Crippen molar-refractivity contribution in [3.05, 3.63) is 89.4 Å². The molecule has 5 nitrogen and oxygen atoms in total. The summed E-state index contributed by atoms with van der Waals surface area (Å²) in [4.78, 5) is 10.9. The highest BCUT2D eigenvalue weighted by molar-refractivity contribution is 7.15. The monoisotopic (exact) mass is 431 g/mol. The van der Waals surface area contributed by atoms with E-state index in [-0.39, 0.29) is 5.92 Å². The van der Waals surface area contributed by atoms with Gasteiger partial charge in [0.25, 0.3) is 0 Å². The highest BCUT2D eigenvalue weighted by atomic mass is 32.1.